The van der Waals surface area contributed by atoms with Gasteiger partial charge in [0.05, 0.1) is 22.8 Å². The lowest BCUT2D eigenvalue weighted by Crippen LogP contribution is -2.51. The second kappa shape index (κ2) is 19.0. The fraction of sp³-hybridized carbons (Fsp3) is 0.596. The maximum absolute atomic E-state index is 14.9. The summed E-state index contributed by atoms with van der Waals surface area (Å²) in [5, 5.41) is 6.87. The molecule has 3 aliphatic rings. The average molecular weight is 828 g/mol. The Bertz CT molecular complexity index is 2190. The van der Waals surface area contributed by atoms with Gasteiger partial charge in [0, 0.05) is 66.9 Å². The minimum absolute atomic E-state index is 0.0490. The van der Waals surface area contributed by atoms with E-state index in [0.29, 0.717) is 67.0 Å². The molecule has 0 radical (unpaired) electrons. The Morgan fingerprint density at radius 3 is 2.23 bits per heavy atom. The number of aromatic amines is 1. The minimum atomic E-state index is -0.644. The molecule has 0 spiro atoms. The van der Waals surface area contributed by atoms with Crippen molar-refractivity contribution in [1.82, 2.24) is 35.0 Å². The topological polar surface area (TPSA) is 132 Å². The molecule has 6 unspecified atom stereocenters. The van der Waals surface area contributed by atoms with E-state index < -0.39 is 17.7 Å². The molecule has 6 atom stereocenters. The SMILES string of the molecule is CCC(C)C(=O)NC(CC)C(=O)N1CCCC1Cn1c(-c2[nH]c3cc(F)ccc3c2CC2CCCN2C(=O)C(CC(=O)C(C)NC)C2CCCCC2)nc2cc(F)ccc21. The molecule has 60 heavy (non-hydrogen) atoms. The summed E-state index contributed by atoms with van der Waals surface area (Å²) >= 11 is 0. The predicted octanol–water partition coefficient (Wildman–Crippen LogP) is 7.69. The number of nitrogens with zero attached hydrogens (tertiary/aromatic N) is 4. The van der Waals surface area contributed by atoms with E-state index in [2.05, 4.69) is 15.6 Å². The number of likely N-dealkylation sites (tertiary alicyclic amines) is 2. The Morgan fingerprint density at radius 2 is 1.53 bits per heavy atom. The van der Waals surface area contributed by atoms with Gasteiger partial charge >= 0.3 is 0 Å². The minimum Gasteiger partial charge on any atom is -0.352 e. The molecule has 4 heterocycles. The highest BCUT2D eigenvalue weighted by Gasteiger charge is 2.40. The molecule has 1 aliphatic carbocycles. The van der Waals surface area contributed by atoms with Crippen molar-refractivity contribution >= 4 is 45.4 Å². The van der Waals surface area contributed by atoms with Gasteiger partial charge in [0.1, 0.15) is 23.5 Å². The lowest BCUT2D eigenvalue weighted by molar-refractivity contribution is -0.141. The highest BCUT2D eigenvalue weighted by atomic mass is 19.1. The van der Waals surface area contributed by atoms with Gasteiger partial charge in [-0.3, -0.25) is 19.2 Å². The van der Waals surface area contributed by atoms with E-state index in [9.17, 15) is 28.0 Å². The van der Waals surface area contributed by atoms with Crippen LogP contribution in [0, 0.1) is 29.4 Å². The van der Waals surface area contributed by atoms with Crippen LogP contribution >= 0.6 is 0 Å². The first-order chi connectivity index (χ1) is 28.9. The Labute approximate surface area is 352 Å². The lowest BCUT2D eigenvalue weighted by atomic mass is 9.76. The summed E-state index contributed by atoms with van der Waals surface area (Å²) in [6, 6.07) is 7.86. The summed E-state index contributed by atoms with van der Waals surface area (Å²) in [5.74, 6) is -0.836. The summed E-state index contributed by atoms with van der Waals surface area (Å²) < 4.78 is 31.8. The van der Waals surface area contributed by atoms with Crippen LogP contribution in [0.5, 0.6) is 0 Å². The summed E-state index contributed by atoms with van der Waals surface area (Å²) in [4.78, 5) is 67.5. The van der Waals surface area contributed by atoms with Gasteiger partial charge in [-0.15, -0.1) is 0 Å². The van der Waals surface area contributed by atoms with Gasteiger partial charge in [-0.1, -0.05) is 40.0 Å². The molecule has 13 heteroatoms. The number of carbonyl (C=O) groups is 4. The molecular formula is C47H63F2N7O4. The van der Waals surface area contributed by atoms with Crippen molar-refractivity contribution in [2.75, 3.05) is 20.1 Å². The molecule has 2 aliphatic heterocycles. The fourth-order valence-electron chi connectivity index (χ4n) is 10.0. The number of halogens is 2. The summed E-state index contributed by atoms with van der Waals surface area (Å²) in [5.41, 5.74) is 3.30. The first-order valence-corrected chi connectivity index (χ1v) is 22.5. The number of imidazole rings is 1. The van der Waals surface area contributed by atoms with E-state index >= 15 is 0 Å². The van der Waals surface area contributed by atoms with Gasteiger partial charge in [0.15, 0.2) is 5.82 Å². The van der Waals surface area contributed by atoms with Crippen LogP contribution < -0.4 is 10.6 Å². The van der Waals surface area contributed by atoms with Crippen LogP contribution in [-0.4, -0.2) is 92.1 Å². The molecule has 2 aromatic heterocycles. The highest BCUT2D eigenvalue weighted by Crippen LogP contribution is 2.39. The number of amides is 3. The Hall–Kier alpha value is -4.65. The molecule has 1 saturated carbocycles. The van der Waals surface area contributed by atoms with Gasteiger partial charge in [0.25, 0.3) is 0 Å². The Kier molecular flexibility index (Phi) is 13.7. The summed E-state index contributed by atoms with van der Waals surface area (Å²) in [7, 11) is 1.77. The first kappa shape index (κ1) is 43.4. The number of ketones is 1. The van der Waals surface area contributed by atoms with Crippen LogP contribution in [0.25, 0.3) is 33.5 Å². The quantitative estimate of drug-likeness (QED) is 0.106. The fourth-order valence-corrected chi connectivity index (χ4v) is 10.0. The van der Waals surface area contributed by atoms with Crippen LogP contribution in [0.3, 0.4) is 0 Å². The van der Waals surface area contributed by atoms with Crippen LogP contribution in [0.1, 0.15) is 110 Å². The standard InChI is InChI=1S/C47H63F2N7O4/c1-6-28(3)45(58)53-38(7-2)47(60)55-22-12-16-34(55)27-56-41-20-18-32(49)24-40(41)52-44(56)43-37(35-19-17-31(48)23-39(35)51-43)25-33-15-11-21-54(33)46(59)36(26-42(57)29(4)50-5)30-13-9-8-10-14-30/h17-20,23-24,28-30,33-34,36,38,50-51H,6-16,21-22,25-27H2,1-5H3,(H,53,58). The normalized spacial score (nSPS) is 20.8. The number of hydrogen-bond donors (Lipinski definition) is 3. The zero-order valence-corrected chi connectivity index (χ0v) is 36.0. The molecule has 2 aromatic carbocycles. The number of carbonyl (C=O) groups excluding carboxylic acids is 4. The zero-order chi connectivity index (χ0) is 42.7. The predicted molar refractivity (Wildman–Crippen MR) is 230 cm³/mol. The summed E-state index contributed by atoms with van der Waals surface area (Å²) in [6.45, 7) is 9.10. The smallest absolute Gasteiger partial charge is 0.245 e. The van der Waals surface area contributed by atoms with Crippen molar-refractivity contribution in [3.63, 3.8) is 0 Å². The molecule has 4 aromatic rings. The van der Waals surface area contributed by atoms with E-state index in [0.717, 1.165) is 68.7 Å². The molecule has 2 saturated heterocycles. The molecule has 0 bridgehead atoms. The van der Waals surface area contributed by atoms with E-state index in [4.69, 9.17) is 4.98 Å². The maximum atomic E-state index is 14.9. The van der Waals surface area contributed by atoms with Crippen LogP contribution in [0.15, 0.2) is 36.4 Å². The molecule has 3 amide bonds. The number of benzene rings is 2. The number of hydrogen-bond acceptors (Lipinski definition) is 6. The van der Waals surface area contributed by atoms with Crippen LogP contribution in [0.4, 0.5) is 8.78 Å². The second-order valence-corrected chi connectivity index (χ2v) is 17.7. The van der Waals surface area contributed by atoms with Crippen molar-refractivity contribution in [1.29, 1.82) is 0 Å². The molecule has 3 fully saturated rings. The second-order valence-electron chi connectivity index (χ2n) is 17.7. The number of fused-ring (bicyclic) bond motifs is 2. The van der Waals surface area contributed by atoms with Gasteiger partial charge in [-0.2, -0.15) is 0 Å². The largest absolute Gasteiger partial charge is 0.352 e. The van der Waals surface area contributed by atoms with E-state index in [-0.39, 0.29) is 65.8 Å². The number of nitrogens with one attached hydrogen (secondary N) is 3. The third kappa shape index (κ3) is 9.02. The average Bonchev–Trinajstić information content (AvgIpc) is 4.07. The monoisotopic (exact) mass is 827 g/mol. The van der Waals surface area contributed by atoms with Crippen molar-refractivity contribution < 1.29 is 28.0 Å². The van der Waals surface area contributed by atoms with Gasteiger partial charge in [-0.05, 0) is 114 Å². The number of likely N-dealkylation sites (N-methyl/N-ethyl adjacent to an activating group) is 1. The maximum Gasteiger partial charge on any atom is 0.245 e. The summed E-state index contributed by atoms with van der Waals surface area (Å²) in [6.07, 6.45) is 10.2. The number of H-pyrrole nitrogens is 1. The molecule has 324 valence electrons. The Morgan fingerprint density at radius 1 is 0.850 bits per heavy atom. The van der Waals surface area contributed by atoms with E-state index in [1.54, 1.807) is 19.2 Å². The third-order valence-corrected chi connectivity index (χ3v) is 13.9. The number of aromatic nitrogens is 3. The molecule has 3 N–H and O–H groups in total. The molecular weight excluding hydrogens is 765 g/mol. The molecule has 7 rings (SSSR count). The number of rotatable bonds is 16. The zero-order valence-electron chi connectivity index (χ0n) is 36.0. The first-order valence-electron chi connectivity index (χ1n) is 22.5. The highest BCUT2D eigenvalue weighted by molar-refractivity contribution is 5.93. The number of Topliss-reactive ketones (excluding diaryl/α,β-unsaturated/α-hetero) is 1. The van der Waals surface area contributed by atoms with Gasteiger partial charge in [-0.25, -0.2) is 13.8 Å². The van der Waals surface area contributed by atoms with Crippen molar-refractivity contribution in [3.8, 4) is 11.5 Å². The van der Waals surface area contributed by atoms with Crippen LogP contribution in [-0.2, 0) is 32.1 Å². The van der Waals surface area contributed by atoms with E-state index in [1.165, 1.54) is 24.3 Å². The third-order valence-electron chi connectivity index (χ3n) is 13.9. The van der Waals surface area contributed by atoms with Crippen LogP contribution in [0.2, 0.25) is 0 Å². The van der Waals surface area contributed by atoms with E-state index in [1.807, 2.05) is 42.1 Å². The van der Waals surface area contributed by atoms with Gasteiger partial charge < -0.3 is 30.0 Å². The Balaban J connectivity index is 1.24. The van der Waals surface area contributed by atoms with Crippen molar-refractivity contribution in [2.24, 2.45) is 17.8 Å². The van der Waals surface area contributed by atoms with Crippen molar-refractivity contribution in [2.45, 2.75) is 142 Å². The van der Waals surface area contributed by atoms with Gasteiger partial charge in [0.2, 0.25) is 17.7 Å². The lowest BCUT2D eigenvalue weighted by Gasteiger charge is -2.35. The molecule has 11 nitrogen and oxygen atoms in total. The van der Waals surface area contributed by atoms with Crippen molar-refractivity contribution in [3.05, 3.63) is 53.6 Å².